The first-order chi connectivity index (χ1) is 10.8. The lowest BCUT2D eigenvalue weighted by atomic mass is 10.2. The van der Waals surface area contributed by atoms with Crippen LogP contribution in [0.4, 0.5) is 0 Å². The fraction of sp³-hybridized carbons (Fsp3) is 0.188. The predicted molar refractivity (Wildman–Crippen MR) is 84.2 cm³/mol. The molecule has 0 aliphatic heterocycles. The van der Waals surface area contributed by atoms with Gasteiger partial charge in [0.05, 0.1) is 18.5 Å². The summed E-state index contributed by atoms with van der Waals surface area (Å²) in [6.07, 6.45) is 6.16. The highest BCUT2D eigenvalue weighted by Gasteiger charge is 2.08. The number of amides is 1. The summed E-state index contributed by atoms with van der Waals surface area (Å²) in [4.78, 5) is 20.4. The second-order valence-corrected chi connectivity index (χ2v) is 5.60. The van der Waals surface area contributed by atoms with Gasteiger partial charge in [0.15, 0.2) is 0 Å². The molecule has 5 nitrogen and oxygen atoms in total. The van der Waals surface area contributed by atoms with Crippen molar-refractivity contribution < 1.29 is 9.21 Å². The number of pyridine rings is 1. The van der Waals surface area contributed by atoms with E-state index in [9.17, 15) is 4.79 Å². The van der Waals surface area contributed by atoms with Crippen LogP contribution in [-0.4, -0.2) is 15.9 Å². The van der Waals surface area contributed by atoms with Crippen molar-refractivity contribution in [2.45, 2.75) is 19.4 Å². The molecule has 0 saturated heterocycles. The molecule has 3 aromatic heterocycles. The molecule has 0 bridgehead atoms. The van der Waals surface area contributed by atoms with Crippen molar-refractivity contribution in [1.82, 2.24) is 15.3 Å². The summed E-state index contributed by atoms with van der Waals surface area (Å²) in [6.45, 7) is 0.420. The van der Waals surface area contributed by atoms with E-state index in [0.29, 0.717) is 19.4 Å². The van der Waals surface area contributed by atoms with Crippen molar-refractivity contribution in [3.63, 3.8) is 0 Å². The lowest BCUT2D eigenvalue weighted by Gasteiger charge is -2.02. The molecule has 0 aliphatic rings. The van der Waals surface area contributed by atoms with Gasteiger partial charge < -0.3 is 9.73 Å². The summed E-state index contributed by atoms with van der Waals surface area (Å²) < 4.78 is 5.17. The minimum Gasteiger partial charge on any atom is -0.467 e. The number of carbonyl (C=O) groups excluding carboxylic acids is 1. The predicted octanol–water partition coefficient (Wildman–Crippen LogP) is 3.05. The molecule has 22 heavy (non-hydrogen) atoms. The lowest BCUT2D eigenvalue weighted by molar-refractivity contribution is -0.121. The first-order valence-corrected chi connectivity index (χ1v) is 7.83. The zero-order chi connectivity index (χ0) is 15.2. The van der Waals surface area contributed by atoms with Crippen molar-refractivity contribution in [3.05, 3.63) is 59.8 Å². The van der Waals surface area contributed by atoms with E-state index in [1.165, 1.54) is 0 Å². The van der Waals surface area contributed by atoms with E-state index in [1.807, 2.05) is 23.6 Å². The summed E-state index contributed by atoms with van der Waals surface area (Å²) >= 11 is 1.57. The molecule has 0 fully saturated rings. The Morgan fingerprint density at radius 1 is 1.32 bits per heavy atom. The first-order valence-electron chi connectivity index (χ1n) is 6.95. The van der Waals surface area contributed by atoms with Gasteiger partial charge in [0.25, 0.3) is 0 Å². The summed E-state index contributed by atoms with van der Waals surface area (Å²) in [5.74, 6) is 0.744. The van der Waals surface area contributed by atoms with Crippen LogP contribution < -0.4 is 5.32 Å². The van der Waals surface area contributed by atoms with Gasteiger partial charge in [-0.15, -0.1) is 11.3 Å². The van der Waals surface area contributed by atoms with Gasteiger partial charge in [0.1, 0.15) is 10.8 Å². The third kappa shape index (κ3) is 3.79. The molecule has 0 atom stereocenters. The van der Waals surface area contributed by atoms with Crippen LogP contribution in [0.3, 0.4) is 0 Å². The number of rotatable bonds is 6. The summed E-state index contributed by atoms with van der Waals surface area (Å²) in [5, 5.41) is 5.74. The van der Waals surface area contributed by atoms with Gasteiger partial charge in [-0.25, -0.2) is 4.98 Å². The van der Waals surface area contributed by atoms with E-state index in [1.54, 1.807) is 36.1 Å². The minimum atomic E-state index is -0.00710. The van der Waals surface area contributed by atoms with Crippen LogP contribution >= 0.6 is 11.3 Å². The maximum atomic E-state index is 11.8. The Morgan fingerprint density at radius 3 is 3.05 bits per heavy atom. The molecule has 0 saturated carbocycles. The average molecular weight is 313 g/mol. The number of aryl methyl sites for hydroxylation is 1. The number of furan rings is 1. The molecular weight excluding hydrogens is 298 g/mol. The summed E-state index contributed by atoms with van der Waals surface area (Å²) in [7, 11) is 0. The third-order valence-corrected chi connectivity index (χ3v) is 4.05. The van der Waals surface area contributed by atoms with Crippen molar-refractivity contribution in [1.29, 1.82) is 0 Å². The molecule has 6 heteroatoms. The minimum absolute atomic E-state index is 0.00710. The van der Waals surface area contributed by atoms with E-state index < -0.39 is 0 Å². The third-order valence-electron chi connectivity index (χ3n) is 3.11. The number of carbonyl (C=O) groups is 1. The van der Waals surface area contributed by atoms with Crippen LogP contribution in [-0.2, 0) is 17.8 Å². The standard InChI is InChI=1S/C16H15N3O2S/c20-15(18-10-14-4-2-8-21-14)6-5-13-11-22-16(19-13)12-3-1-7-17-9-12/h1-4,7-9,11H,5-6,10H2,(H,18,20). The van der Waals surface area contributed by atoms with Crippen LogP contribution in [0.1, 0.15) is 17.9 Å². The van der Waals surface area contributed by atoms with Crippen LogP contribution in [0.15, 0.2) is 52.7 Å². The van der Waals surface area contributed by atoms with Crippen molar-refractivity contribution in [2.75, 3.05) is 0 Å². The Hall–Kier alpha value is -2.47. The van der Waals surface area contributed by atoms with Crippen LogP contribution in [0, 0.1) is 0 Å². The topological polar surface area (TPSA) is 68.0 Å². The molecule has 3 heterocycles. The molecule has 0 aliphatic carbocycles. The van der Waals surface area contributed by atoms with Gasteiger partial charge in [0, 0.05) is 29.8 Å². The van der Waals surface area contributed by atoms with Crippen molar-refractivity contribution in [2.24, 2.45) is 0 Å². The highest BCUT2D eigenvalue weighted by atomic mass is 32.1. The van der Waals surface area contributed by atoms with Gasteiger partial charge in [-0.05, 0) is 30.7 Å². The van der Waals surface area contributed by atoms with Gasteiger partial charge in [-0.1, -0.05) is 0 Å². The number of nitrogens with zero attached hydrogens (tertiary/aromatic N) is 2. The molecule has 0 radical (unpaired) electrons. The number of hydrogen-bond donors (Lipinski definition) is 1. The molecule has 1 amide bonds. The second kappa shape index (κ2) is 7.00. The van der Waals surface area contributed by atoms with Crippen molar-refractivity contribution >= 4 is 17.2 Å². The van der Waals surface area contributed by atoms with Crippen molar-refractivity contribution in [3.8, 4) is 10.6 Å². The van der Waals surface area contributed by atoms with Gasteiger partial charge in [-0.3, -0.25) is 9.78 Å². The second-order valence-electron chi connectivity index (χ2n) is 4.74. The Labute approximate surface area is 132 Å². The number of hydrogen-bond acceptors (Lipinski definition) is 5. The Bertz CT molecular complexity index is 723. The smallest absolute Gasteiger partial charge is 0.220 e. The zero-order valence-corrected chi connectivity index (χ0v) is 12.7. The zero-order valence-electron chi connectivity index (χ0n) is 11.9. The van der Waals surface area contributed by atoms with Gasteiger partial charge in [-0.2, -0.15) is 0 Å². The average Bonchev–Trinajstić information content (AvgIpc) is 3.23. The number of aromatic nitrogens is 2. The van der Waals surface area contributed by atoms with E-state index >= 15 is 0 Å². The molecule has 112 valence electrons. The monoisotopic (exact) mass is 313 g/mol. The first kappa shape index (κ1) is 14.5. The molecule has 0 spiro atoms. The Morgan fingerprint density at radius 2 is 2.27 bits per heavy atom. The highest BCUT2D eigenvalue weighted by Crippen LogP contribution is 2.23. The maximum absolute atomic E-state index is 11.8. The quantitative estimate of drug-likeness (QED) is 0.759. The van der Waals surface area contributed by atoms with E-state index in [0.717, 1.165) is 22.0 Å². The summed E-state index contributed by atoms with van der Waals surface area (Å²) in [5.41, 5.74) is 1.93. The number of thiazole rings is 1. The lowest BCUT2D eigenvalue weighted by Crippen LogP contribution is -2.22. The van der Waals surface area contributed by atoms with Crippen LogP contribution in [0.25, 0.3) is 10.6 Å². The SMILES string of the molecule is O=C(CCc1csc(-c2cccnc2)n1)NCc1ccco1. The maximum Gasteiger partial charge on any atom is 0.220 e. The van der Waals surface area contributed by atoms with Gasteiger partial charge >= 0.3 is 0 Å². The molecule has 3 aromatic rings. The molecule has 0 aromatic carbocycles. The molecule has 3 rings (SSSR count). The molecule has 0 unspecified atom stereocenters. The van der Waals surface area contributed by atoms with Gasteiger partial charge in [0.2, 0.25) is 5.91 Å². The van der Waals surface area contributed by atoms with E-state index in [-0.39, 0.29) is 5.91 Å². The van der Waals surface area contributed by atoms with E-state index in [2.05, 4.69) is 15.3 Å². The molecule has 1 N–H and O–H groups in total. The fourth-order valence-electron chi connectivity index (χ4n) is 1.97. The van der Waals surface area contributed by atoms with Crippen LogP contribution in [0.2, 0.25) is 0 Å². The molecular formula is C16H15N3O2S. The Kier molecular flexibility index (Phi) is 4.60. The summed E-state index contributed by atoms with van der Waals surface area (Å²) in [6, 6.07) is 7.50. The number of nitrogens with one attached hydrogen (secondary N) is 1. The fourth-order valence-corrected chi connectivity index (χ4v) is 2.82. The van der Waals surface area contributed by atoms with E-state index in [4.69, 9.17) is 4.42 Å². The van der Waals surface area contributed by atoms with Crippen LogP contribution in [0.5, 0.6) is 0 Å². The normalized spacial score (nSPS) is 10.5. The highest BCUT2D eigenvalue weighted by molar-refractivity contribution is 7.13. The Balaban J connectivity index is 1.49. The largest absolute Gasteiger partial charge is 0.467 e.